The number of hydrogen-bond acceptors (Lipinski definition) is 5. The maximum Gasteiger partial charge on any atom is 0.157 e. The van der Waals surface area contributed by atoms with Crippen LogP contribution in [0.5, 0.6) is 0 Å². The van der Waals surface area contributed by atoms with E-state index in [0.29, 0.717) is 11.4 Å². The molecule has 3 heterocycles. The smallest absolute Gasteiger partial charge is 0.157 e. The lowest BCUT2D eigenvalue weighted by Crippen LogP contribution is -2.28. The summed E-state index contributed by atoms with van der Waals surface area (Å²) in [5, 5.41) is 12.5. The molecule has 1 aliphatic heterocycles. The van der Waals surface area contributed by atoms with E-state index >= 15 is 0 Å². The molecule has 4 rings (SSSR count). The summed E-state index contributed by atoms with van der Waals surface area (Å²) in [7, 11) is 0. The van der Waals surface area contributed by atoms with Gasteiger partial charge in [0.05, 0.1) is 11.3 Å². The lowest BCUT2D eigenvalue weighted by atomic mass is 9.99. The van der Waals surface area contributed by atoms with E-state index in [1.54, 1.807) is 11.3 Å². The minimum Gasteiger partial charge on any atom is -0.368 e. The van der Waals surface area contributed by atoms with Crippen LogP contribution in [0.15, 0.2) is 35.5 Å². The number of aromatic nitrogens is 2. The van der Waals surface area contributed by atoms with Crippen molar-refractivity contribution in [2.45, 2.75) is 65.9 Å². The maximum absolute atomic E-state index is 10.7. The minimum atomic E-state index is -0.954. The van der Waals surface area contributed by atoms with Crippen LogP contribution in [0.1, 0.15) is 66.3 Å². The Morgan fingerprint density at radius 3 is 2.52 bits per heavy atom. The number of aliphatic hydroxyl groups excluding tert-OH is 1. The SMILES string of the molecule is Cc1sc2c(c1C)C(c1ccc(Cl)cc1)=NC(CC(O)OC(C)(C)C)c1ncc(C)n1-2. The number of nitrogens with zero attached hydrogens (tertiary/aromatic N) is 3. The van der Waals surface area contributed by atoms with Crippen molar-refractivity contribution < 1.29 is 9.84 Å². The molecule has 1 N–H and O–H groups in total. The molecule has 1 aromatic carbocycles. The minimum absolute atomic E-state index is 0.317. The summed E-state index contributed by atoms with van der Waals surface area (Å²) in [6, 6.07) is 7.41. The summed E-state index contributed by atoms with van der Waals surface area (Å²) >= 11 is 7.90. The Hall–Kier alpha value is -1.99. The molecule has 0 bridgehead atoms. The molecule has 5 nitrogen and oxygen atoms in total. The van der Waals surface area contributed by atoms with Gasteiger partial charge >= 0.3 is 0 Å². The predicted molar refractivity (Wildman–Crippen MR) is 127 cm³/mol. The second kappa shape index (κ2) is 8.17. The Morgan fingerprint density at radius 1 is 1.19 bits per heavy atom. The van der Waals surface area contributed by atoms with Crippen molar-refractivity contribution in [3.8, 4) is 5.00 Å². The van der Waals surface area contributed by atoms with Gasteiger partial charge in [0.2, 0.25) is 0 Å². The zero-order valence-electron chi connectivity index (χ0n) is 18.7. The van der Waals surface area contributed by atoms with E-state index in [-0.39, 0.29) is 6.04 Å². The average Bonchev–Trinajstić information content (AvgIpc) is 3.14. The van der Waals surface area contributed by atoms with Gasteiger partial charge in [0.1, 0.15) is 16.9 Å². The number of fused-ring (bicyclic) bond motifs is 3. The van der Waals surface area contributed by atoms with Crippen LogP contribution in [0.4, 0.5) is 0 Å². The normalized spacial score (nSPS) is 17.0. The van der Waals surface area contributed by atoms with Crippen molar-refractivity contribution in [1.29, 1.82) is 0 Å². The molecule has 3 aromatic rings. The van der Waals surface area contributed by atoms with Gasteiger partial charge in [-0.1, -0.05) is 23.7 Å². The summed E-state index contributed by atoms with van der Waals surface area (Å²) in [6.45, 7) is 12.1. The van der Waals surface area contributed by atoms with Gasteiger partial charge in [0.15, 0.2) is 6.29 Å². The molecule has 0 radical (unpaired) electrons. The molecule has 1 aliphatic rings. The number of thiophene rings is 1. The molecule has 2 aromatic heterocycles. The number of imidazole rings is 1. The molecule has 0 saturated heterocycles. The fraction of sp³-hybridized carbons (Fsp3) is 0.417. The van der Waals surface area contributed by atoms with Gasteiger partial charge in [0.25, 0.3) is 0 Å². The van der Waals surface area contributed by atoms with Gasteiger partial charge < -0.3 is 9.84 Å². The number of rotatable bonds is 4. The van der Waals surface area contributed by atoms with E-state index in [1.807, 2.05) is 51.2 Å². The van der Waals surface area contributed by atoms with Crippen molar-refractivity contribution in [2.75, 3.05) is 0 Å². The van der Waals surface area contributed by atoms with Gasteiger partial charge in [-0.15, -0.1) is 11.3 Å². The molecule has 2 unspecified atom stereocenters. The molecule has 0 aliphatic carbocycles. The highest BCUT2D eigenvalue weighted by Crippen LogP contribution is 2.40. The standard InChI is InChI=1S/C24H28ClN3O2S/c1-13-12-26-22-18(11-19(29)30-24(4,5)6)27-21(16-7-9-17(25)10-8-16)20-14(2)15(3)31-23(20)28(13)22/h7-10,12,18-19,29H,11H2,1-6H3. The molecular formula is C24H28ClN3O2S. The quantitative estimate of drug-likeness (QED) is 0.494. The first-order valence-corrected chi connectivity index (χ1v) is 11.6. The second-order valence-electron chi connectivity index (χ2n) is 8.98. The highest BCUT2D eigenvalue weighted by Gasteiger charge is 2.32. The Balaban J connectivity index is 1.90. The molecule has 0 fully saturated rings. The number of aliphatic imine (C=N–C) groups is 1. The van der Waals surface area contributed by atoms with Crippen LogP contribution in [0.25, 0.3) is 5.00 Å². The number of ether oxygens (including phenoxy) is 1. The third kappa shape index (κ3) is 4.35. The highest BCUT2D eigenvalue weighted by molar-refractivity contribution is 7.15. The van der Waals surface area contributed by atoms with E-state index in [1.165, 1.54) is 10.4 Å². The van der Waals surface area contributed by atoms with Gasteiger partial charge in [-0.25, -0.2) is 4.98 Å². The van der Waals surface area contributed by atoms with Crippen molar-refractivity contribution in [3.05, 3.63) is 68.6 Å². The van der Waals surface area contributed by atoms with Gasteiger partial charge in [0, 0.05) is 39.3 Å². The van der Waals surface area contributed by atoms with Gasteiger partial charge in [-0.05, 0) is 59.2 Å². The van der Waals surface area contributed by atoms with Crippen LogP contribution in [-0.2, 0) is 4.74 Å². The van der Waals surface area contributed by atoms with Crippen molar-refractivity contribution in [2.24, 2.45) is 4.99 Å². The van der Waals surface area contributed by atoms with Gasteiger partial charge in [-0.3, -0.25) is 9.56 Å². The lowest BCUT2D eigenvalue weighted by Gasteiger charge is -2.25. The predicted octanol–water partition coefficient (Wildman–Crippen LogP) is 5.93. The van der Waals surface area contributed by atoms with E-state index < -0.39 is 11.9 Å². The maximum atomic E-state index is 10.7. The van der Waals surface area contributed by atoms with Crippen LogP contribution >= 0.6 is 22.9 Å². The zero-order chi connectivity index (χ0) is 22.5. The van der Waals surface area contributed by atoms with E-state index in [4.69, 9.17) is 26.3 Å². The van der Waals surface area contributed by atoms with Crippen molar-refractivity contribution in [1.82, 2.24) is 9.55 Å². The molecule has 31 heavy (non-hydrogen) atoms. The van der Waals surface area contributed by atoms with Crippen LogP contribution in [0, 0.1) is 20.8 Å². The Kier molecular flexibility index (Phi) is 5.85. The van der Waals surface area contributed by atoms with Crippen molar-refractivity contribution in [3.63, 3.8) is 0 Å². The van der Waals surface area contributed by atoms with Crippen LogP contribution < -0.4 is 0 Å². The third-order valence-electron chi connectivity index (χ3n) is 5.39. The first kappa shape index (κ1) is 22.2. The molecule has 7 heteroatoms. The molecule has 0 amide bonds. The number of benzene rings is 1. The lowest BCUT2D eigenvalue weighted by molar-refractivity contribution is -0.170. The van der Waals surface area contributed by atoms with Gasteiger partial charge in [-0.2, -0.15) is 0 Å². The largest absolute Gasteiger partial charge is 0.368 e. The molecule has 0 saturated carbocycles. The Bertz CT molecular complexity index is 1140. The van der Waals surface area contributed by atoms with E-state index in [0.717, 1.165) is 33.4 Å². The summed E-state index contributed by atoms with van der Waals surface area (Å²) in [6.07, 6.45) is 1.23. The Morgan fingerprint density at radius 2 is 1.87 bits per heavy atom. The topological polar surface area (TPSA) is 59.6 Å². The average molecular weight is 458 g/mol. The zero-order valence-corrected chi connectivity index (χ0v) is 20.3. The number of aliphatic hydroxyl groups is 1. The second-order valence-corrected chi connectivity index (χ2v) is 10.6. The number of hydrogen-bond donors (Lipinski definition) is 1. The molecule has 2 atom stereocenters. The van der Waals surface area contributed by atoms with Crippen LogP contribution in [-0.4, -0.2) is 32.3 Å². The highest BCUT2D eigenvalue weighted by atomic mass is 35.5. The summed E-state index contributed by atoms with van der Waals surface area (Å²) in [5.41, 5.74) is 4.80. The molecule has 0 spiro atoms. The summed E-state index contributed by atoms with van der Waals surface area (Å²) in [4.78, 5) is 11.1. The van der Waals surface area contributed by atoms with E-state index in [9.17, 15) is 5.11 Å². The summed E-state index contributed by atoms with van der Waals surface area (Å²) < 4.78 is 7.98. The first-order chi connectivity index (χ1) is 14.5. The summed E-state index contributed by atoms with van der Waals surface area (Å²) in [5.74, 6) is 0.820. The number of halogens is 1. The van der Waals surface area contributed by atoms with E-state index in [2.05, 4.69) is 25.3 Å². The first-order valence-electron chi connectivity index (χ1n) is 10.4. The Labute approximate surface area is 192 Å². The molecular weight excluding hydrogens is 430 g/mol. The fourth-order valence-corrected chi connectivity index (χ4v) is 5.26. The fourth-order valence-electron chi connectivity index (χ4n) is 3.91. The molecule has 164 valence electrons. The monoisotopic (exact) mass is 457 g/mol. The third-order valence-corrected chi connectivity index (χ3v) is 6.83. The van der Waals surface area contributed by atoms with Crippen LogP contribution in [0.3, 0.4) is 0 Å². The van der Waals surface area contributed by atoms with Crippen molar-refractivity contribution >= 4 is 28.6 Å². The number of aryl methyl sites for hydroxylation is 2. The van der Waals surface area contributed by atoms with Crippen LogP contribution in [0.2, 0.25) is 5.02 Å².